The Morgan fingerprint density at radius 2 is 0.514 bits per heavy atom. The van der Waals surface area contributed by atoms with Crippen molar-refractivity contribution in [3.05, 3.63) is 0 Å². The molecule has 0 bridgehead atoms. The van der Waals surface area contributed by atoms with Crippen molar-refractivity contribution in [3.8, 4) is 0 Å². The van der Waals surface area contributed by atoms with Crippen molar-refractivity contribution in [3.63, 3.8) is 0 Å². The number of aliphatic carboxylic acids is 4. The van der Waals surface area contributed by atoms with Gasteiger partial charge in [-0.3, -0.25) is 19.2 Å². The van der Waals surface area contributed by atoms with E-state index in [1.54, 1.807) is 0 Å². The minimum atomic E-state index is -1.11. The van der Waals surface area contributed by atoms with E-state index in [9.17, 15) is 19.2 Å². The van der Waals surface area contributed by atoms with Gasteiger partial charge in [-0.25, -0.2) is 0 Å². The summed E-state index contributed by atoms with van der Waals surface area (Å²) in [5.41, 5.74) is -1.11. The molecular weight excluding hydrogens is 572 g/mol. The van der Waals surface area contributed by atoms with Crippen LogP contribution in [0.5, 0.6) is 0 Å². The summed E-state index contributed by atoms with van der Waals surface area (Å²) in [5.74, 6) is -3.57. The van der Waals surface area contributed by atoms with Crippen molar-refractivity contribution >= 4 is 74.4 Å². The predicted molar refractivity (Wildman–Crippen MR) is 154 cm³/mol. The predicted octanol–water partition coefficient (Wildman–Crippen LogP) is 1.06. The minimum absolute atomic E-state index is 0.406. The van der Waals surface area contributed by atoms with Crippen LogP contribution in [0.2, 0.25) is 0 Å². The van der Waals surface area contributed by atoms with Crippen molar-refractivity contribution in [1.29, 1.82) is 0 Å². The lowest BCUT2D eigenvalue weighted by atomic mass is 9.93. The Morgan fingerprint density at radius 1 is 0.432 bits per heavy atom. The van der Waals surface area contributed by atoms with E-state index in [2.05, 4.69) is 50.5 Å². The Hall–Kier alpha value is -0.880. The summed E-state index contributed by atoms with van der Waals surface area (Å²) in [5, 5.41) is 66.7. The van der Waals surface area contributed by atoms with E-state index in [0.29, 0.717) is 0 Å². The van der Waals surface area contributed by atoms with E-state index >= 15 is 0 Å². The molecule has 0 saturated carbocycles. The first kappa shape index (κ1) is 46.0. The zero-order chi connectivity index (χ0) is 31.6. The summed E-state index contributed by atoms with van der Waals surface area (Å²) in [7, 11) is 0. The summed E-state index contributed by atoms with van der Waals surface area (Å²) < 4.78 is -3.56. The molecule has 0 saturated heterocycles. The van der Waals surface area contributed by atoms with Crippen LogP contribution in [-0.4, -0.2) is 110 Å². The highest BCUT2D eigenvalue weighted by Gasteiger charge is 2.26. The van der Waals surface area contributed by atoms with Gasteiger partial charge < -0.3 is 40.9 Å². The highest BCUT2D eigenvalue weighted by atomic mass is 32.1. The molecule has 0 aliphatic rings. The lowest BCUT2D eigenvalue weighted by Gasteiger charge is -2.23. The van der Waals surface area contributed by atoms with E-state index in [1.165, 1.54) is 55.4 Å². The lowest BCUT2D eigenvalue weighted by Crippen LogP contribution is -2.37. The standard InChI is InChI=1S/C5H12O4.4C4H8O2S/c6-1-5(2-7,3-8)4-9;4*1-4(2,7)3(5)6/h6-9H,1-4H2;4*7H,1-2H3,(H,5,6). The van der Waals surface area contributed by atoms with Crippen LogP contribution in [0.25, 0.3) is 0 Å². The van der Waals surface area contributed by atoms with Crippen LogP contribution < -0.4 is 0 Å². The highest BCUT2D eigenvalue weighted by Crippen LogP contribution is 2.13. The number of hydrogen-bond donors (Lipinski definition) is 12. The van der Waals surface area contributed by atoms with Crippen molar-refractivity contribution in [1.82, 2.24) is 0 Å². The fraction of sp³-hybridized carbons (Fsp3) is 0.810. The number of aliphatic hydroxyl groups is 4. The molecule has 224 valence electrons. The fourth-order valence-corrected chi connectivity index (χ4v) is 0.300. The number of carboxylic acid groups (broad SMARTS) is 4. The molecule has 0 aliphatic heterocycles. The molecule has 0 aromatic carbocycles. The van der Waals surface area contributed by atoms with Crippen LogP contribution >= 0.6 is 50.5 Å². The maximum atomic E-state index is 9.94. The quantitative estimate of drug-likeness (QED) is 0.172. The Labute approximate surface area is 240 Å². The molecule has 0 spiro atoms. The van der Waals surface area contributed by atoms with Crippen molar-refractivity contribution in [2.24, 2.45) is 5.41 Å². The summed E-state index contributed by atoms with van der Waals surface area (Å²) in [4.78, 5) is 39.8. The Bertz CT molecular complexity index is 555. The van der Waals surface area contributed by atoms with Crippen LogP contribution in [0.4, 0.5) is 0 Å². The third-order valence-electron chi connectivity index (χ3n) is 3.44. The summed E-state index contributed by atoms with van der Waals surface area (Å²) in [6.45, 7) is 10.6. The van der Waals surface area contributed by atoms with E-state index in [-0.39, 0.29) is 0 Å². The average Bonchev–Trinajstić information content (AvgIpc) is 2.69. The van der Waals surface area contributed by atoms with Gasteiger partial charge in [0, 0.05) is 0 Å². The average molecular weight is 617 g/mol. The molecule has 37 heavy (non-hydrogen) atoms. The third-order valence-corrected chi connectivity index (χ3v) is 4.20. The van der Waals surface area contributed by atoms with E-state index < -0.39 is 74.7 Å². The zero-order valence-electron chi connectivity index (χ0n) is 22.3. The SMILES string of the molecule is CC(C)(S)C(=O)O.CC(C)(S)C(=O)O.CC(C)(S)C(=O)O.CC(C)(S)C(=O)O.OCC(CO)(CO)CO. The molecule has 0 heterocycles. The maximum Gasteiger partial charge on any atom is 0.318 e. The van der Waals surface area contributed by atoms with Gasteiger partial charge in [0.1, 0.15) is 19.0 Å². The van der Waals surface area contributed by atoms with Crippen molar-refractivity contribution < 1.29 is 60.0 Å². The van der Waals surface area contributed by atoms with E-state index in [4.69, 9.17) is 40.9 Å². The molecular formula is C21H44O12S4. The second kappa shape index (κ2) is 20.1. The fourth-order valence-electron chi connectivity index (χ4n) is 0.300. The lowest BCUT2D eigenvalue weighted by molar-refractivity contribution is -0.139. The van der Waals surface area contributed by atoms with Gasteiger partial charge in [0.05, 0.1) is 31.8 Å². The zero-order valence-corrected chi connectivity index (χ0v) is 25.9. The Morgan fingerprint density at radius 3 is 0.514 bits per heavy atom. The molecule has 0 aromatic rings. The van der Waals surface area contributed by atoms with Crippen LogP contribution in [0.3, 0.4) is 0 Å². The second-order valence-electron chi connectivity index (χ2n) is 9.59. The van der Waals surface area contributed by atoms with Gasteiger partial charge >= 0.3 is 23.9 Å². The minimum Gasteiger partial charge on any atom is -0.480 e. The molecule has 0 aliphatic carbocycles. The number of aliphatic hydroxyl groups excluding tert-OH is 4. The molecule has 8 N–H and O–H groups in total. The molecule has 0 amide bonds. The van der Waals surface area contributed by atoms with Gasteiger partial charge in [-0.15, -0.1) is 0 Å². The van der Waals surface area contributed by atoms with Gasteiger partial charge in [-0.2, -0.15) is 50.5 Å². The smallest absolute Gasteiger partial charge is 0.318 e. The van der Waals surface area contributed by atoms with Crippen LogP contribution in [0.15, 0.2) is 0 Å². The number of carbonyl (C=O) groups is 4. The second-order valence-corrected chi connectivity index (χ2v) is 14.1. The topological polar surface area (TPSA) is 230 Å². The van der Waals surface area contributed by atoms with Crippen molar-refractivity contribution in [2.75, 3.05) is 26.4 Å². The first-order valence-electron chi connectivity index (χ1n) is 10.3. The van der Waals surface area contributed by atoms with Crippen molar-refractivity contribution in [2.45, 2.75) is 74.4 Å². The Balaban J connectivity index is -0.000000116. The third kappa shape index (κ3) is 31.2. The number of hydrogen-bond acceptors (Lipinski definition) is 12. The Kier molecular flexibility index (Phi) is 25.0. The van der Waals surface area contributed by atoms with E-state index in [0.717, 1.165) is 0 Å². The molecule has 0 atom stereocenters. The number of rotatable bonds is 8. The van der Waals surface area contributed by atoms with Gasteiger partial charge in [-0.05, 0) is 55.4 Å². The van der Waals surface area contributed by atoms with Crippen LogP contribution in [0.1, 0.15) is 55.4 Å². The molecule has 16 heteroatoms. The normalized spacial score (nSPS) is 11.5. The molecule has 0 radical (unpaired) electrons. The summed E-state index contributed by atoms with van der Waals surface area (Å²) in [6, 6.07) is 0. The number of carboxylic acids is 4. The largest absolute Gasteiger partial charge is 0.480 e. The summed E-state index contributed by atoms with van der Waals surface area (Å²) in [6.07, 6.45) is 0. The van der Waals surface area contributed by atoms with Crippen LogP contribution in [0, 0.1) is 5.41 Å². The van der Waals surface area contributed by atoms with Gasteiger partial charge in [0.15, 0.2) is 0 Å². The monoisotopic (exact) mass is 616 g/mol. The molecule has 0 unspecified atom stereocenters. The van der Waals surface area contributed by atoms with Gasteiger partial charge in [0.2, 0.25) is 0 Å². The first-order chi connectivity index (χ1) is 16.0. The summed E-state index contributed by atoms with van der Waals surface area (Å²) >= 11 is 15.0. The maximum absolute atomic E-state index is 9.94. The highest BCUT2D eigenvalue weighted by molar-refractivity contribution is 7.83. The van der Waals surface area contributed by atoms with Gasteiger partial charge in [0.25, 0.3) is 0 Å². The molecule has 0 fully saturated rings. The van der Waals surface area contributed by atoms with Gasteiger partial charge in [-0.1, -0.05) is 0 Å². The first-order valence-corrected chi connectivity index (χ1v) is 12.1. The number of thiol groups is 4. The molecule has 0 rings (SSSR count). The molecule has 0 aromatic heterocycles. The van der Waals surface area contributed by atoms with Crippen LogP contribution in [-0.2, 0) is 19.2 Å². The molecule has 12 nitrogen and oxygen atoms in total. The van der Waals surface area contributed by atoms with E-state index in [1.807, 2.05) is 0 Å².